The summed E-state index contributed by atoms with van der Waals surface area (Å²) in [5, 5.41) is 12.3. The Morgan fingerprint density at radius 1 is 1.11 bits per heavy atom. The Morgan fingerprint density at radius 3 is 2.59 bits per heavy atom. The van der Waals surface area contributed by atoms with E-state index < -0.39 is 10.8 Å². The van der Waals surface area contributed by atoms with Crippen LogP contribution < -0.4 is 4.90 Å². The molecule has 140 valence electrons. The lowest BCUT2D eigenvalue weighted by atomic mass is 9.93. The first-order chi connectivity index (χ1) is 13.1. The fourth-order valence-electron chi connectivity index (χ4n) is 3.85. The summed E-state index contributed by atoms with van der Waals surface area (Å²) in [6.45, 7) is 4.48. The van der Waals surface area contributed by atoms with Crippen LogP contribution >= 0.6 is 0 Å². The molecule has 1 saturated heterocycles. The number of imide groups is 1. The number of nitro groups is 1. The quantitative estimate of drug-likeness (QED) is 0.474. The van der Waals surface area contributed by atoms with Crippen molar-refractivity contribution in [2.24, 2.45) is 0 Å². The molecule has 0 bridgehead atoms. The number of amides is 2. The van der Waals surface area contributed by atoms with Gasteiger partial charge in [0.25, 0.3) is 17.5 Å². The van der Waals surface area contributed by atoms with Gasteiger partial charge in [-0.05, 0) is 11.5 Å². The van der Waals surface area contributed by atoms with E-state index in [1.54, 1.807) is 18.2 Å². The molecular formula is C19H20N3O5+. The molecule has 2 aromatic carbocycles. The summed E-state index contributed by atoms with van der Waals surface area (Å²) in [4.78, 5) is 39.1. The Labute approximate surface area is 155 Å². The van der Waals surface area contributed by atoms with E-state index in [2.05, 4.69) is 0 Å². The number of carbonyl (C=O) groups excluding carboxylic acids is 2. The predicted octanol–water partition coefficient (Wildman–Crippen LogP) is 0.649. The molecule has 0 atom stereocenters. The average molecular weight is 370 g/mol. The zero-order valence-corrected chi connectivity index (χ0v) is 14.8. The van der Waals surface area contributed by atoms with E-state index in [-0.39, 0.29) is 17.2 Å². The van der Waals surface area contributed by atoms with Crippen molar-refractivity contribution in [3.05, 3.63) is 51.6 Å². The number of non-ortho nitro benzene ring substituents is 1. The number of rotatable bonds is 5. The van der Waals surface area contributed by atoms with Gasteiger partial charge in [0.1, 0.15) is 13.1 Å². The first-order valence-electron chi connectivity index (χ1n) is 9.05. The van der Waals surface area contributed by atoms with Gasteiger partial charge in [-0.15, -0.1) is 0 Å². The van der Waals surface area contributed by atoms with Gasteiger partial charge in [0.05, 0.1) is 30.2 Å². The van der Waals surface area contributed by atoms with Crippen LogP contribution in [0.5, 0.6) is 0 Å². The van der Waals surface area contributed by atoms with Crippen LogP contribution in [0.2, 0.25) is 0 Å². The van der Waals surface area contributed by atoms with Gasteiger partial charge < -0.3 is 9.64 Å². The van der Waals surface area contributed by atoms with Gasteiger partial charge in [-0.2, -0.15) is 0 Å². The number of morpholine rings is 1. The smallest absolute Gasteiger partial charge is 0.270 e. The van der Waals surface area contributed by atoms with E-state index in [4.69, 9.17) is 4.74 Å². The number of hydrogen-bond acceptors (Lipinski definition) is 5. The van der Waals surface area contributed by atoms with Gasteiger partial charge in [-0.25, -0.2) is 0 Å². The van der Waals surface area contributed by atoms with Crippen LogP contribution in [-0.4, -0.2) is 61.0 Å². The summed E-state index contributed by atoms with van der Waals surface area (Å²) in [5.74, 6) is -0.784. The van der Waals surface area contributed by atoms with Gasteiger partial charge in [0, 0.05) is 36.0 Å². The number of nitrogens with zero attached hydrogens (tertiary/aromatic N) is 2. The maximum absolute atomic E-state index is 12.9. The van der Waals surface area contributed by atoms with Crippen LogP contribution in [0, 0.1) is 10.1 Å². The minimum absolute atomic E-state index is 0.143. The second kappa shape index (κ2) is 7.05. The maximum Gasteiger partial charge on any atom is 0.270 e. The number of carbonyl (C=O) groups is 2. The monoisotopic (exact) mass is 370 g/mol. The molecule has 27 heavy (non-hydrogen) atoms. The van der Waals surface area contributed by atoms with Crippen LogP contribution in [0.15, 0.2) is 30.3 Å². The Hall–Kier alpha value is -2.84. The molecule has 0 aromatic heterocycles. The van der Waals surface area contributed by atoms with E-state index in [0.29, 0.717) is 29.3 Å². The maximum atomic E-state index is 12.9. The minimum Gasteiger partial charge on any atom is -0.370 e. The second-order valence-corrected chi connectivity index (χ2v) is 6.88. The summed E-state index contributed by atoms with van der Waals surface area (Å²) < 4.78 is 5.34. The third-order valence-electron chi connectivity index (χ3n) is 5.24. The standard InChI is InChI=1S/C19H19N3O5/c23-18-15-4-1-3-13-11-14(22(25)26)12-16(17(13)15)19(24)21(18)6-2-5-20-7-9-27-10-8-20/h1,3-4,11-12H,2,5-10H2/p+1. The molecule has 4 rings (SSSR count). The van der Waals surface area contributed by atoms with E-state index in [1.807, 2.05) is 0 Å². The van der Waals surface area contributed by atoms with Crippen molar-refractivity contribution in [2.75, 3.05) is 39.4 Å². The van der Waals surface area contributed by atoms with Crippen LogP contribution in [-0.2, 0) is 4.74 Å². The molecular weight excluding hydrogens is 350 g/mol. The van der Waals surface area contributed by atoms with Crippen molar-refractivity contribution < 1.29 is 24.1 Å². The van der Waals surface area contributed by atoms with Crippen molar-refractivity contribution in [3.63, 3.8) is 0 Å². The number of benzene rings is 2. The van der Waals surface area contributed by atoms with E-state index in [0.717, 1.165) is 32.8 Å². The highest BCUT2D eigenvalue weighted by Gasteiger charge is 2.34. The predicted molar refractivity (Wildman–Crippen MR) is 97.0 cm³/mol. The molecule has 0 spiro atoms. The third-order valence-corrected chi connectivity index (χ3v) is 5.24. The Bertz CT molecular complexity index is 936. The van der Waals surface area contributed by atoms with Gasteiger partial charge in [0.15, 0.2) is 0 Å². The largest absolute Gasteiger partial charge is 0.370 e. The van der Waals surface area contributed by atoms with Crippen molar-refractivity contribution in [2.45, 2.75) is 6.42 Å². The number of nitrogens with one attached hydrogen (secondary N) is 1. The van der Waals surface area contributed by atoms with Crippen molar-refractivity contribution in [1.82, 2.24) is 4.90 Å². The lowest BCUT2D eigenvalue weighted by Crippen LogP contribution is -3.14. The molecule has 1 fully saturated rings. The summed E-state index contributed by atoms with van der Waals surface area (Å²) in [6.07, 6.45) is 0.688. The van der Waals surface area contributed by atoms with E-state index in [9.17, 15) is 19.7 Å². The average Bonchev–Trinajstić information content (AvgIpc) is 2.69. The minimum atomic E-state index is -0.515. The molecule has 2 amide bonds. The fraction of sp³-hybridized carbons (Fsp3) is 0.368. The van der Waals surface area contributed by atoms with E-state index in [1.165, 1.54) is 21.9 Å². The third kappa shape index (κ3) is 3.17. The number of quaternary nitrogens is 1. The summed E-state index contributed by atoms with van der Waals surface area (Å²) in [6, 6.07) is 7.73. The zero-order valence-electron chi connectivity index (χ0n) is 14.8. The van der Waals surface area contributed by atoms with Crippen LogP contribution in [0.4, 0.5) is 5.69 Å². The van der Waals surface area contributed by atoms with Crippen molar-refractivity contribution >= 4 is 28.3 Å². The second-order valence-electron chi connectivity index (χ2n) is 6.88. The van der Waals surface area contributed by atoms with Crippen LogP contribution in [0.25, 0.3) is 10.8 Å². The lowest BCUT2D eigenvalue weighted by molar-refractivity contribution is -0.908. The first-order valence-corrected chi connectivity index (χ1v) is 9.05. The Balaban J connectivity index is 1.61. The first kappa shape index (κ1) is 17.6. The molecule has 0 unspecified atom stereocenters. The molecule has 0 saturated carbocycles. The topological polar surface area (TPSA) is 94.2 Å². The van der Waals surface area contributed by atoms with Crippen molar-refractivity contribution in [3.8, 4) is 0 Å². The van der Waals surface area contributed by atoms with Crippen LogP contribution in [0.1, 0.15) is 27.1 Å². The van der Waals surface area contributed by atoms with Crippen molar-refractivity contribution in [1.29, 1.82) is 0 Å². The molecule has 0 radical (unpaired) electrons. The molecule has 8 heteroatoms. The normalized spacial score (nSPS) is 17.6. The van der Waals surface area contributed by atoms with Crippen LogP contribution in [0.3, 0.4) is 0 Å². The summed E-state index contributed by atoms with van der Waals surface area (Å²) >= 11 is 0. The summed E-state index contributed by atoms with van der Waals surface area (Å²) in [5.41, 5.74) is 0.513. The fourth-order valence-corrected chi connectivity index (χ4v) is 3.85. The van der Waals surface area contributed by atoms with Gasteiger partial charge in [-0.1, -0.05) is 12.1 Å². The zero-order chi connectivity index (χ0) is 19.0. The molecule has 1 N–H and O–H groups in total. The molecule has 0 aliphatic carbocycles. The Kier molecular flexibility index (Phi) is 4.59. The van der Waals surface area contributed by atoms with Gasteiger partial charge in [0.2, 0.25) is 0 Å². The molecule has 2 aliphatic rings. The van der Waals surface area contributed by atoms with E-state index >= 15 is 0 Å². The Morgan fingerprint density at radius 2 is 1.85 bits per heavy atom. The highest BCUT2D eigenvalue weighted by atomic mass is 16.6. The highest BCUT2D eigenvalue weighted by Crippen LogP contribution is 2.33. The summed E-state index contributed by atoms with van der Waals surface area (Å²) in [7, 11) is 0. The highest BCUT2D eigenvalue weighted by molar-refractivity contribution is 6.25. The molecule has 2 aliphatic heterocycles. The number of ether oxygens (including phenoxy) is 1. The van der Waals surface area contributed by atoms with Gasteiger partial charge in [-0.3, -0.25) is 24.6 Å². The number of nitro benzene ring substituents is 1. The number of hydrogen-bond donors (Lipinski definition) is 1. The van der Waals surface area contributed by atoms with Gasteiger partial charge >= 0.3 is 0 Å². The molecule has 2 aromatic rings. The SMILES string of the molecule is O=C1c2cccc3cc([N+](=O)[O-])cc(c23)C(=O)N1CCC[NH+]1CCOCC1. The molecule has 2 heterocycles. The molecule has 8 nitrogen and oxygen atoms in total. The lowest BCUT2D eigenvalue weighted by Gasteiger charge is -2.28.